The summed E-state index contributed by atoms with van der Waals surface area (Å²) in [5.41, 5.74) is 1.41. The Kier molecular flexibility index (Phi) is 6.58. The van der Waals surface area contributed by atoms with Crippen LogP contribution in [0.1, 0.15) is 63.7 Å². The van der Waals surface area contributed by atoms with Gasteiger partial charge in [0.1, 0.15) is 11.3 Å². The second kappa shape index (κ2) is 9.06. The number of hydrogen-bond donors (Lipinski definition) is 1. The Morgan fingerprint density at radius 3 is 2.84 bits per heavy atom. The van der Waals surface area contributed by atoms with E-state index in [0.29, 0.717) is 24.4 Å². The van der Waals surface area contributed by atoms with E-state index in [1.165, 1.54) is 10.4 Å². The van der Waals surface area contributed by atoms with E-state index in [1.54, 1.807) is 16.2 Å². The second-order valence-electron chi connectivity index (χ2n) is 8.68. The summed E-state index contributed by atoms with van der Waals surface area (Å²) in [4.78, 5) is 29.2. The first kappa shape index (κ1) is 22.5. The van der Waals surface area contributed by atoms with E-state index in [2.05, 4.69) is 16.8 Å². The molecule has 0 bridgehead atoms. The van der Waals surface area contributed by atoms with Crippen molar-refractivity contribution >= 4 is 29.7 Å². The maximum Gasteiger partial charge on any atom is 0.349 e. The normalized spacial score (nSPS) is 22.6. The first-order chi connectivity index (χ1) is 14.6. The van der Waals surface area contributed by atoms with Crippen molar-refractivity contribution in [1.29, 1.82) is 0 Å². The van der Waals surface area contributed by atoms with Crippen molar-refractivity contribution in [3.8, 4) is 0 Å². The number of thiophene rings is 1. The van der Waals surface area contributed by atoms with Gasteiger partial charge in [0.2, 0.25) is 0 Å². The van der Waals surface area contributed by atoms with Crippen molar-refractivity contribution in [2.75, 3.05) is 32.8 Å². The lowest BCUT2D eigenvalue weighted by Crippen LogP contribution is -2.48. The molecule has 1 spiro atoms. The fraction of sp³-hybridized carbons (Fsp3) is 0.565. The number of likely N-dealkylation sites (tertiary alicyclic amines) is 1. The lowest BCUT2D eigenvalue weighted by atomic mass is 9.82. The SMILES string of the molecule is Cc1cc(C2CCCNC2)oc(=O)c1C(=O)N1CCC2(CC1)OCCc1sccc12.Cl. The molecular weight excluding hydrogens is 436 g/mol. The lowest BCUT2D eigenvalue weighted by Gasteiger charge is -2.44. The van der Waals surface area contributed by atoms with Crippen molar-refractivity contribution in [2.24, 2.45) is 0 Å². The number of carbonyl (C=O) groups is 1. The van der Waals surface area contributed by atoms with Crippen molar-refractivity contribution in [3.63, 3.8) is 0 Å². The Bertz CT molecular complexity index is 1000. The highest BCUT2D eigenvalue weighted by molar-refractivity contribution is 7.10. The minimum Gasteiger partial charge on any atom is -0.427 e. The molecule has 3 aliphatic heterocycles. The lowest BCUT2D eigenvalue weighted by molar-refractivity contribution is -0.0926. The van der Waals surface area contributed by atoms with Crippen molar-refractivity contribution < 1.29 is 13.9 Å². The van der Waals surface area contributed by atoms with E-state index in [4.69, 9.17) is 9.15 Å². The summed E-state index contributed by atoms with van der Waals surface area (Å²) >= 11 is 1.80. The predicted octanol–water partition coefficient (Wildman–Crippen LogP) is 3.60. The number of piperidine rings is 2. The molecule has 2 fully saturated rings. The zero-order valence-corrected chi connectivity index (χ0v) is 19.4. The average Bonchev–Trinajstić information content (AvgIpc) is 3.25. The van der Waals surface area contributed by atoms with Crippen LogP contribution in [-0.2, 0) is 16.8 Å². The smallest absolute Gasteiger partial charge is 0.349 e. The van der Waals surface area contributed by atoms with Crippen molar-refractivity contribution in [3.05, 3.63) is 55.3 Å². The van der Waals surface area contributed by atoms with Crippen LogP contribution >= 0.6 is 23.7 Å². The van der Waals surface area contributed by atoms with Crippen molar-refractivity contribution in [2.45, 2.75) is 50.5 Å². The topological polar surface area (TPSA) is 71.8 Å². The third-order valence-electron chi connectivity index (χ3n) is 6.88. The highest BCUT2D eigenvalue weighted by Gasteiger charge is 2.42. The first-order valence-electron chi connectivity index (χ1n) is 10.9. The highest BCUT2D eigenvalue weighted by atomic mass is 35.5. The molecule has 2 saturated heterocycles. The molecule has 2 aromatic rings. The van der Waals surface area contributed by atoms with Gasteiger partial charge in [-0.1, -0.05) is 0 Å². The predicted molar refractivity (Wildman–Crippen MR) is 123 cm³/mol. The van der Waals surface area contributed by atoms with Crippen LogP contribution in [0.15, 0.2) is 26.7 Å². The Morgan fingerprint density at radius 2 is 2.13 bits per heavy atom. The van der Waals surface area contributed by atoms with Gasteiger partial charge in [0.05, 0.1) is 12.2 Å². The summed E-state index contributed by atoms with van der Waals surface area (Å²) in [6.45, 7) is 5.57. The number of aryl methyl sites for hydroxylation is 1. The quantitative estimate of drug-likeness (QED) is 0.735. The second-order valence-corrected chi connectivity index (χ2v) is 9.68. The third kappa shape index (κ3) is 4.09. The van der Waals surface area contributed by atoms with Gasteiger partial charge in [-0.2, -0.15) is 0 Å². The number of hydrogen-bond acceptors (Lipinski definition) is 6. The van der Waals surface area contributed by atoms with Gasteiger partial charge in [-0.25, -0.2) is 4.79 Å². The van der Waals surface area contributed by atoms with Crippen LogP contribution in [0, 0.1) is 6.92 Å². The van der Waals surface area contributed by atoms with Gasteiger partial charge in [-0.3, -0.25) is 4.79 Å². The number of nitrogens with one attached hydrogen (secondary N) is 1. The fourth-order valence-electron chi connectivity index (χ4n) is 5.19. The number of amides is 1. The van der Waals surface area contributed by atoms with Crippen LogP contribution in [0.25, 0.3) is 0 Å². The van der Waals surface area contributed by atoms with Gasteiger partial charge in [0.25, 0.3) is 5.91 Å². The van der Waals surface area contributed by atoms with Crippen LogP contribution in [0.2, 0.25) is 0 Å². The maximum absolute atomic E-state index is 13.2. The third-order valence-corrected chi connectivity index (χ3v) is 7.86. The van der Waals surface area contributed by atoms with E-state index < -0.39 is 5.63 Å². The molecular formula is C23H29ClN2O4S. The molecule has 31 heavy (non-hydrogen) atoms. The molecule has 1 N–H and O–H groups in total. The van der Waals surface area contributed by atoms with Crippen molar-refractivity contribution in [1.82, 2.24) is 10.2 Å². The van der Waals surface area contributed by atoms with E-state index in [1.807, 2.05) is 13.0 Å². The number of halogens is 1. The molecule has 3 aliphatic rings. The molecule has 6 nitrogen and oxygen atoms in total. The number of rotatable bonds is 2. The van der Waals surface area contributed by atoms with Crippen LogP contribution < -0.4 is 10.9 Å². The molecule has 5 rings (SSSR count). The number of carbonyl (C=O) groups excluding carboxylic acids is 1. The van der Waals surface area contributed by atoms with Gasteiger partial charge < -0.3 is 19.4 Å². The Morgan fingerprint density at radius 1 is 1.32 bits per heavy atom. The van der Waals surface area contributed by atoms with E-state index >= 15 is 0 Å². The Labute approximate surface area is 192 Å². The average molecular weight is 465 g/mol. The molecule has 1 amide bonds. The molecule has 0 aromatic carbocycles. The largest absolute Gasteiger partial charge is 0.427 e. The molecule has 0 radical (unpaired) electrons. The number of ether oxygens (including phenoxy) is 1. The molecule has 1 unspecified atom stereocenters. The Balaban J connectivity index is 0.00000231. The van der Waals surface area contributed by atoms with E-state index in [-0.39, 0.29) is 35.4 Å². The summed E-state index contributed by atoms with van der Waals surface area (Å²) < 4.78 is 11.9. The van der Waals surface area contributed by atoms with Crippen LogP contribution in [-0.4, -0.2) is 43.6 Å². The maximum atomic E-state index is 13.2. The monoisotopic (exact) mass is 464 g/mol. The van der Waals surface area contributed by atoms with E-state index in [9.17, 15) is 9.59 Å². The Hall–Kier alpha value is -1.67. The van der Waals surface area contributed by atoms with Gasteiger partial charge in [-0.15, -0.1) is 23.7 Å². The molecule has 5 heterocycles. The summed E-state index contributed by atoms with van der Waals surface area (Å²) in [5, 5.41) is 5.48. The molecule has 8 heteroatoms. The first-order valence-corrected chi connectivity index (χ1v) is 11.8. The molecule has 168 valence electrons. The van der Waals surface area contributed by atoms with Crippen LogP contribution in [0.4, 0.5) is 0 Å². The molecule has 0 aliphatic carbocycles. The standard InChI is InChI=1S/C23H28N2O4S.ClH/c1-15-13-18(16-3-2-8-24-14-16)29-22(27)20(15)21(26)25-9-6-23(7-10-25)17-5-12-30-19(17)4-11-28-23;/h5,12-13,16,24H,2-4,6-11,14H2,1H3;1H. The highest BCUT2D eigenvalue weighted by Crippen LogP contribution is 2.43. The summed E-state index contributed by atoms with van der Waals surface area (Å²) in [5.74, 6) is 0.678. The number of fused-ring (bicyclic) bond motifs is 2. The summed E-state index contributed by atoms with van der Waals surface area (Å²) in [7, 11) is 0. The molecule has 1 atom stereocenters. The van der Waals surface area contributed by atoms with Crippen LogP contribution in [0.5, 0.6) is 0 Å². The molecule has 0 saturated carbocycles. The zero-order valence-electron chi connectivity index (χ0n) is 17.8. The van der Waals surface area contributed by atoms with E-state index in [0.717, 1.165) is 51.8 Å². The van der Waals surface area contributed by atoms with Crippen LogP contribution in [0.3, 0.4) is 0 Å². The minimum atomic E-state index is -0.505. The zero-order chi connectivity index (χ0) is 20.7. The number of nitrogens with zero attached hydrogens (tertiary/aromatic N) is 1. The summed E-state index contributed by atoms with van der Waals surface area (Å²) in [6.07, 6.45) is 4.57. The van der Waals surface area contributed by atoms with Gasteiger partial charge >= 0.3 is 5.63 Å². The van der Waals surface area contributed by atoms with Gasteiger partial charge in [0, 0.05) is 36.9 Å². The molecule has 2 aromatic heterocycles. The van der Waals surface area contributed by atoms with Gasteiger partial charge in [0.15, 0.2) is 0 Å². The van der Waals surface area contributed by atoms with Gasteiger partial charge in [-0.05, 0) is 67.8 Å². The fourth-order valence-corrected chi connectivity index (χ4v) is 6.14. The minimum absolute atomic E-state index is 0. The summed E-state index contributed by atoms with van der Waals surface area (Å²) in [6, 6.07) is 4.06.